The van der Waals surface area contributed by atoms with Gasteiger partial charge in [0.1, 0.15) is 5.92 Å². The molecule has 3 atom stereocenters. The Morgan fingerprint density at radius 3 is 2.74 bits per heavy atom. The summed E-state index contributed by atoms with van der Waals surface area (Å²) in [5, 5.41) is 5.42. The van der Waals surface area contributed by atoms with Crippen molar-refractivity contribution < 1.29 is 4.79 Å². The van der Waals surface area contributed by atoms with Crippen molar-refractivity contribution in [2.45, 2.75) is 31.8 Å². The summed E-state index contributed by atoms with van der Waals surface area (Å²) in [6.07, 6.45) is 7.18. The van der Waals surface area contributed by atoms with E-state index in [9.17, 15) is 4.79 Å². The van der Waals surface area contributed by atoms with Gasteiger partial charge in [0, 0.05) is 30.7 Å². The Balaban J connectivity index is 1.57. The normalized spacial score (nSPS) is 22.9. The predicted molar refractivity (Wildman–Crippen MR) is 121 cm³/mol. The molecular weight excluding hydrogens is 433 g/mol. The first-order chi connectivity index (χ1) is 15.0. The molecule has 3 unspecified atom stereocenters. The summed E-state index contributed by atoms with van der Waals surface area (Å²) in [5.74, 6) is 0.287. The van der Waals surface area contributed by atoms with Gasteiger partial charge in [-0.15, -0.1) is 0 Å². The molecule has 0 bridgehead atoms. The number of aliphatic imine (C=N–C) groups is 1. The number of amides is 1. The molecule has 1 fully saturated rings. The van der Waals surface area contributed by atoms with E-state index in [1.54, 1.807) is 18.5 Å². The number of pyridine rings is 1. The molecule has 2 aliphatic rings. The second kappa shape index (κ2) is 8.09. The van der Waals surface area contributed by atoms with Gasteiger partial charge in [0.05, 0.1) is 28.3 Å². The van der Waals surface area contributed by atoms with Crippen LogP contribution in [0.4, 0.5) is 5.82 Å². The van der Waals surface area contributed by atoms with E-state index in [4.69, 9.17) is 28.2 Å². The first kappa shape index (κ1) is 20.2. The van der Waals surface area contributed by atoms with Gasteiger partial charge in [-0.2, -0.15) is 5.10 Å². The predicted octanol–water partition coefficient (Wildman–Crippen LogP) is 5.26. The van der Waals surface area contributed by atoms with Crippen molar-refractivity contribution in [3.8, 4) is 0 Å². The highest BCUT2D eigenvalue weighted by atomic mass is 35.5. The fraction of sp³-hybridized carbons (Fsp3) is 0.304. The average Bonchev–Trinajstić information content (AvgIpc) is 3.44. The van der Waals surface area contributed by atoms with Crippen molar-refractivity contribution in [3.63, 3.8) is 0 Å². The van der Waals surface area contributed by atoms with Crippen LogP contribution >= 0.6 is 23.2 Å². The minimum Gasteiger partial charge on any atom is -0.335 e. The third kappa shape index (κ3) is 3.54. The Morgan fingerprint density at radius 1 is 1.10 bits per heavy atom. The van der Waals surface area contributed by atoms with Crippen LogP contribution in [0.15, 0.2) is 60.0 Å². The molecule has 0 saturated carbocycles. The zero-order chi connectivity index (χ0) is 21.5. The zero-order valence-corrected chi connectivity index (χ0v) is 18.5. The summed E-state index contributed by atoms with van der Waals surface area (Å²) in [5.41, 5.74) is 2.71. The lowest BCUT2D eigenvalue weighted by molar-refractivity contribution is -0.135. The van der Waals surface area contributed by atoms with Gasteiger partial charge in [0.2, 0.25) is 5.91 Å². The van der Waals surface area contributed by atoms with Crippen LogP contribution in [0, 0.1) is 5.92 Å². The van der Waals surface area contributed by atoms with E-state index in [0.717, 1.165) is 35.5 Å². The molecule has 0 aliphatic carbocycles. The van der Waals surface area contributed by atoms with Crippen LogP contribution in [0.25, 0.3) is 0 Å². The van der Waals surface area contributed by atoms with Crippen LogP contribution in [0.2, 0.25) is 10.0 Å². The van der Waals surface area contributed by atoms with Crippen LogP contribution in [0.5, 0.6) is 0 Å². The zero-order valence-electron chi connectivity index (χ0n) is 16.9. The van der Waals surface area contributed by atoms with Gasteiger partial charge >= 0.3 is 0 Å². The molecule has 3 aromatic rings. The highest BCUT2D eigenvalue weighted by molar-refractivity contribution is 6.42. The second-order valence-electron chi connectivity index (χ2n) is 7.96. The number of fused-ring (bicyclic) bond motifs is 1. The number of rotatable bonds is 3. The second-order valence-corrected chi connectivity index (χ2v) is 8.77. The molecule has 1 aromatic carbocycles. The number of benzene rings is 1. The molecule has 158 valence electrons. The Morgan fingerprint density at radius 2 is 1.97 bits per heavy atom. The minimum absolute atomic E-state index is 0.0162. The Hall–Kier alpha value is -2.70. The molecule has 1 saturated heterocycles. The van der Waals surface area contributed by atoms with Gasteiger partial charge in [-0.25, -0.2) is 9.67 Å². The fourth-order valence-electron chi connectivity index (χ4n) is 4.70. The third-order valence-electron chi connectivity index (χ3n) is 6.13. The van der Waals surface area contributed by atoms with E-state index in [2.05, 4.69) is 10.1 Å². The first-order valence-electron chi connectivity index (χ1n) is 10.3. The summed E-state index contributed by atoms with van der Waals surface area (Å²) in [7, 11) is 0. The maximum atomic E-state index is 14.0. The van der Waals surface area contributed by atoms with Crippen molar-refractivity contribution in [2.75, 3.05) is 6.54 Å². The Bertz CT molecular complexity index is 1160. The lowest BCUT2D eigenvalue weighted by atomic mass is 9.86. The topological polar surface area (TPSA) is 63.4 Å². The maximum Gasteiger partial charge on any atom is 0.234 e. The van der Waals surface area contributed by atoms with Crippen molar-refractivity contribution >= 4 is 40.6 Å². The molecule has 6 nitrogen and oxygen atoms in total. The SMILES string of the molecule is CC1=Nc2ccnn2C(c2ccc(Cl)c(Cl)c2)C1C(=O)N1CCCC1c1cccnc1. The first-order valence-corrected chi connectivity index (χ1v) is 11.0. The summed E-state index contributed by atoms with van der Waals surface area (Å²) in [6, 6.07) is 11.0. The van der Waals surface area contributed by atoms with Crippen molar-refractivity contribution in [3.05, 3.63) is 76.2 Å². The summed E-state index contributed by atoms with van der Waals surface area (Å²) < 4.78 is 1.81. The van der Waals surface area contributed by atoms with E-state index < -0.39 is 5.92 Å². The Labute approximate surface area is 190 Å². The summed E-state index contributed by atoms with van der Waals surface area (Å²) >= 11 is 12.5. The smallest absolute Gasteiger partial charge is 0.234 e. The molecule has 5 rings (SSSR count). The van der Waals surface area contributed by atoms with Gasteiger partial charge in [-0.3, -0.25) is 9.78 Å². The van der Waals surface area contributed by atoms with E-state index >= 15 is 0 Å². The summed E-state index contributed by atoms with van der Waals surface area (Å²) in [6.45, 7) is 2.63. The monoisotopic (exact) mass is 453 g/mol. The molecule has 31 heavy (non-hydrogen) atoms. The van der Waals surface area contributed by atoms with Crippen LogP contribution < -0.4 is 0 Å². The van der Waals surface area contributed by atoms with Crippen molar-refractivity contribution in [1.29, 1.82) is 0 Å². The van der Waals surface area contributed by atoms with Crippen LogP contribution in [0.3, 0.4) is 0 Å². The largest absolute Gasteiger partial charge is 0.335 e. The molecule has 0 radical (unpaired) electrons. The maximum absolute atomic E-state index is 14.0. The quantitative estimate of drug-likeness (QED) is 0.543. The van der Waals surface area contributed by atoms with Gasteiger partial charge in [0.15, 0.2) is 5.82 Å². The van der Waals surface area contributed by atoms with Gasteiger partial charge < -0.3 is 4.90 Å². The molecule has 2 aromatic heterocycles. The Kier molecular flexibility index (Phi) is 5.28. The number of carbonyl (C=O) groups excluding carboxylic acids is 1. The van der Waals surface area contributed by atoms with Gasteiger partial charge in [0.25, 0.3) is 0 Å². The van der Waals surface area contributed by atoms with E-state index in [1.807, 2.05) is 53.0 Å². The standard InChI is InChI=1S/C23H21Cl2N5O/c1-14-21(23(31)29-11-3-5-19(29)16-4-2-9-26-13-16)22(30-20(28-14)8-10-27-30)15-6-7-17(24)18(25)12-15/h2,4,6-10,12-13,19,21-22H,3,5,11H2,1H3. The van der Waals surface area contributed by atoms with Crippen LogP contribution in [-0.4, -0.2) is 37.8 Å². The molecule has 0 spiro atoms. The average molecular weight is 454 g/mol. The number of carbonyl (C=O) groups is 1. The molecule has 2 aliphatic heterocycles. The number of hydrogen-bond donors (Lipinski definition) is 0. The fourth-order valence-corrected chi connectivity index (χ4v) is 5.01. The number of hydrogen-bond acceptors (Lipinski definition) is 4. The number of halogens is 2. The van der Waals surface area contributed by atoms with E-state index in [-0.39, 0.29) is 18.0 Å². The lowest BCUT2D eigenvalue weighted by Crippen LogP contribution is -2.44. The minimum atomic E-state index is -0.484. The van der Waals surface area contributed by atoms with E-state index in [0.29, 0.717) is 16.6 Å². The molecule has 8 heteroatoms. The number of nitrogens with zero attached hydrogens (tertiary/aromatic N) is 5. The number of likely N-dealkylation sites (tertiary alicyclic amines) is 1. The van der Waals surface area contributed by atoms with Crippen molar-refractivity contribution in [2.24, 2.45) is 10.9 Å². The van der Waals surface area contributed by atoms with E-state index in [1.165, 1.54) is 0 Å². The number of aromatic nitrogens is 3. The molecule has 1 amide bonds. The molecular formula is C23H21Cl2N5O. The third-order valence-corrected chi connectivity index (χ3v) is 6.86. The van der Waals surface area contributed by atoms with Gasteiger partial charge in [-0.05, 0) is 49.1 Å². The summed E-state index contributed by atoms with van der Waals surface area (Å²) in [4.78, 5) is 24.9. The van der Waals surface area contributed by atoms with Crippen molar-refractivity contribution in [1.82, 2.24) is 19.7 Å². The van der Waals surface area contributed by atoms with Crippen LogP contribution in [-0.2, 0) is 4.79 Å². The van der Waals surface area contributed by atoms with Gasteiger partial charge in [-0.1, -0.05) is 35.3 Å². The lowest BCUT2D eigenvalue weighted by Gasteiger charge is -2.35. The molecule has 0 N–H and O–H groups in total. The molecule has 4 heterocycles. The van der Waals surface area contributed by atoms with Crippen LogP contribution in [0.1, 0.15) is 43.0 Å². The highest BCUT2D eigenvalue weighted by Gasteiger charge is 2.43. The highest BCUT2D eigenvalue weighted by Crippen LogP contribution is 2.41.